The number of imidazole rings is 1. The number of rotatable bonds is 6. The van der Waals surface area contributed by atoms with Gasteiger partial charge in [0.15, 0.2) is 0 Å². The Kier molecular flexibility index (Phi) is 5.02. The van der Waals surface area contributed by atoms with Crippen molar-refractivity contribution < 1.29 is 14.3 Å². The topological polar surface area (TPSA) is 65.4 Å². The Labute approximate surface area is 164 Å². The van der Waals surface area contributed by atoms with Crippen molar-refractivity contribution in [2.24, 2.45) is 7.05 Å². The molecule has 0 spiro atoms. The van der Waals surface area contributed by atoms with Gasteiger partial charge in [-0.3, -0.25) is 4.79 Å². The number of hydrogen-bond donors (Lipinski definition) is 1. The number of ether oxygens (including phenoxy) is 2. The summed E-state index contributed by atoms with van der Waals surface area (Å²) >= 11 is 0. The number of nitrogens with one attached hydrogen (secondary N) is 1. The Morgan fingerprint density at radius 2 is 1.86 bits per heavy atom. The van der Waals surface area contributed by atoms with Crippen LogP contribution in [0.3, 0.4) is 0 Å². The first-order valence-electron chi connectivity index (χ1n) is 9.34. The fourth-order valence-electron chi connectivity index (χ4n) is 3.48. The number of benzene rings is 2. The second kappa shape index (κ2) is 7.76. The van der Waals surface area contributed by atoms with Crippen molar-refractivity contribution in [2.75, 3.05) is 18.5 Å². The molecule has 1 amide bonds. The van der Waals surface area contributed by atoms with Crippen molar-refractivity contribution in [2.45, 2.75) is 19.3 Å². The largest absolute Gasteiger partial charge is 0.490 e. The maximum absolute atomic E-state index is 12.3. The minimum absolute atomic E-state index is 0.000846. The summed E-state index contributed by atoms with van der Waals surface area (Å²) in [5, 5.41) is 2.96. The molecule has 0 fully saturated rings. The van der Waals surface area contributed by atoms with Gasteiger partial charge in [-0.05, 0) is 30.7 Å². The summed E-state index contributed by atoms with van der Waals surface area (Å²) in [4.78, 5) is 16.6. The second-order valence-corrected chi connectivity index (χ2v) is 6.85. The predicted octanol–water partition coefficient (Wildman–Crippen LogP) is 3.66. The van der Waals surface area contributed by atoms with Crippen LogP contribution in [0.15, 0.2) is 54.7 Å². The number of aromatic nitrogens is 2. The van der Waals surface area contributed by atoms with Gasteiger partial charge >= 0.3 is 0 Å². The molecule has 1 aliphatic heterocycles. The zero-order valence-electron chi connectivity index (χ0n) is 16.0. The number of aryl methyl sites for hydroxylation is 1. The molecule has 0 saturated heterocycles. The molecule has 0 saturated carbocycles. The monoisotopic (exact) mass is 377 g/mol. The molecule has 2 aromatic carbocycles. The van der Waals surface area contributed by atoms with E-state index >= 15 is 0 Å². The van der Waals surface area contributed by atoms with Crippen LogP contribution < -0.4 is 14.8 Å². The van der Waals surface area contributed by atoms with Crippen LogP contribution in [0.2, 0.25) is 0 Å². The molecule has 28 heavy (non-hydrogen) atoms. The third kappa shape index (κ3) is 3.71. The normalized spacial score (nSPS) is 15.6. The van der Waals surface area contributed by atoms with Gasteiger partial charge in [-0.25, -0.2) is 4.98 Å². The van der Waals surface area contributed by atoms with E-state index < -0.39 is 0 Å². The molecule has 144 valence electrons. The van der Waals surface area contributed by atoms with Gasteiger partial charge in [0.25, 0.3) is 0 Å². The van der Waals surface area contributed by atoms with Crippen LogP contribution in [0, 0.1) is 6.92 Å². The minimum atomic E-state index is -0.00888. The lowest BCUT2D eigenvalue weighted by atomic mass is 9.88. The summed E-state index contributed by atoms with van der Waals surface area (Å²) in [6.45, 7) is 2.83. The summed E-state index contributed by atoms with van der Waals surface area (Å²) in [5.74, 6) is 2.45. The number of anilines is 1. The fraction of sp³-hybridized carbons (Fsp3) is 0.273. The van der Waals surface area contributed by atoms with Gasteiger partial charge in [0.2, 0.25) is 5.91 Å². The van der Waals surface area contributed by atoms with Gasteiger partial charge in [0, 0.05) is 43.0 Å². The van der Waals surface area contributed by atoms with E-state index in [9.17, 15) is 4.79 Å². The average molecular weight is 377 g/mol. The summed E-state index contributed by atoms with van der Waals surface area (Å²) < 4.78 is 13.5. The Bertz CT molecular complexity index is 982. The van der Waals surface area contributed by atoms with E-state index in [0.29, 0.717) is 25.4 Å². The number of hydrogen-bond acceptors (Lipinski definition) is 4. The molecule has 1 unspecified atom stereocenters. The van der Waals surface area contributed by atoms with Gasteiger partial charge < -0.3 is 19.4 Å². The Morgan fingerprint density at radius 3 is 2.57 bits per heavy atom. The van der Waals surface area contributed by atoms with Crippen molar-refractivity contribution in [1.29, 1.82) is 0 Å². The van der Waals surface area contributed by atoms with E-state index in [0.717, 1.165) is 28.5 Å². The molecule has 1 aromatic heterocycles. The number of nitrogens with zero attached hydrogens (tertiary/aromatic N) is 2. The molecule has 3 aromatic rings. The standard InChI is InChI=1S/C22H23N3O3/c1-15-23-14-21(25(15)2)19-13-22(26)24-20-12-17(8-9-18(19)20)28-11-10-27-16-6-4-3-5-7-16/h3-9,12,14,19H,10-11,13H2,1-2H3,(H,24,26). The fourth-order valence-corrected chi connectivity index (χ4v) is 3.48. The smallest absolute Gasteiger partial charge is 0.225 e. The van der Waals surface area contributed by atoms with Crippen LogP contribution >= 0.6 is 0 Å². The Balaban J connectivity index is 1.46. The maximum Gasteiger partial charge on any atom is 0.225 e. The van der Waals surface area contributed by atoms with Crippen molar-refractivity contribution in [3.8, 4) is 11.5 Å². The number of amides is 1. The zero-order chi connectivity index (χ0) is 19.5. The van der Waals surface area contributed by atoms with E-state index in [1.807, 2.05) is 73.3 Å². The van der Waals surface area contributed by atoms with Gasteiger partial charge in [0.1, 0.15) is 30.5 Å². The molecule has 1 aliphatic rings. The number of carbonyl (C=O) groups is 1. The number of carbonyl (C=O) groups excluding carboxylic acids is 1. The van der Waals surface area contributed by atoms with E-state index in [-0.39, 0.29) is 11.8 Å². The third-order valence-electron chi connectivity index (χ3n) is 5.04. The first kappa shape index (κ1) is 18.1. The molecule has 0 bridgehead atoms. The van der Waals surface area contributed by atoms with Crippen LogP contribution in [0.1, 0.15) is 29.4 Å². The van der Waals surface area contributed by atoms with Gasteiger partial charge in [-0.1, -0.05) is 24.3 Å². The average Bonchev–Trinajstić information content (AvgIpc) is 3.04. The molecule has 2 heterocycles. The van der Waals surface area contributed by atoms with Crippen LogP contribution in [-0.2, 0) is 11.8 Å². The summed E-state index contributed by atoms with van der Waals surface area (Å²) in [6, 6.07) is 15.5. The van der Waals surface area contributed by atoms with Crippen molar-refractivity contribution >= 4 is 11.6 Å². The lowest BCUT2D eigenvalue weighted by Crippen LogP contribution is -2.24. The van der Waals surface area contributed by atoms with E-state index in [4.69, 9.17) is 9.47 Å². The van der Waals surface area contributed by atoms with Crippen LogP contribution in [0.4, 0.5) is 5.69 Å². The Morgan fingerprint density at radius 1 is 1.11 bits per heavy atom. The van der Waals surface area contributed by atoms with Crippen molar-refractivity contribution in [3.63, 3.8) is 0 Å². The molecule has 0 radical (unpaired) electrons. The van der Waals surface area contributed by atoms with Crippen LogP contribution in [-0.4, -0.2) is 28.7 Å². The summed E-state index contributed by atoms with van der Waals surface area (Å²) in [6.07, 6.45) is 2.27. The van der Waals surface area contributed by atoms with Crippen LogP contribution in [0.25, 0.3) is 0 Å². The van der Waals surface area contributed by atoms with Crippen molar-refractivity contribution in [1.82, 2.24) is 9.55 Å². The molecule has 0 aliphatic carbocycles. The highest BCUT2D eigenvalue weighted by atomic mass is 16.5. The molecule has 6 heteroatoms. The molecular formula is C22H23N3O3. The van der Waals surface area contributed by atoms with Gasteiger partial charge in [-0.2, -0.15) is 0 Å². The van der Waals surface area contributed by atoms with E-state index in [2.05, 4.69) is 10.3 Å². The second-order valence-electron chi connectivity index (χ2n) is 6.85. The SMILES string of the molecule is Cc1ncc(C2CC(=O)Nc3cc(OCCOc4ccccc4)ccc32)n1C. The summed E-state index contributed by atoms with van der Waals surface area (Å²) in [7, 11) is 1.98. The number of fused-ring (bicyclic) bond motifs is 1. The van der Waals surface area contributed by atoms with Gasteiger partial charge in [-0.15, -0.1) is 0 Å². The van der Waals surface area contributed by atoms with Crippen LogP contribution in [0.5, 0.6) is 11.5 Å². The highest BCUT2D eigenvalue weighted by Gasteiger charge is 2.29. The quantitative estimate of drug-likeness (QED) is 0.666. The van der Waals surface area contributed by atoms with E-state index in [1.165, 1.54) is 0 Å². The van der Waals surface area contributed by atoms with E-state index in [1.54, 1.807) is 0 Å². The molecule has 6 nitrogen and oxygen atoms in total. The first-order valence-corrected chi connectivity index (χ1v) is 9.34. The predicted molar refractivity (Wildman–Crippen MR) is 107 cm³/mol. The minimum Gasteiger partial charge on any atom is -0.490 e. The zero-order valence-corrected chi connectivity index (χ0v) is 16.0. The maximum atomic E-state index is 12.3. The lowest BCUT2D eigenvalue weighted by molar-refractivity contribution is -0.116. The molecule has 1 atom stereocenters. The summed E-state index contributed by atoms with van der Waals surface area (Å²) in [5.41, 5.74) is 2.91. The number of para-hydroxylation sites is 1. The lowest BCUT2D eigenvalue weighted by Gasteiger charge is -2.26. The van der Waals surface area contributed by atoms with Crippen molar-refractivity contribution in [3.05, 3.63) is 71.8 Å². The molecule has 4 rings (SSSR count). The molecule has 1 N–H and O–H groups in total. The molecular weight excluding hydrogens is 354 g/mol. The first-order chi connectivity index (χ1) is 13.6. The van der Waals surface area contributed by atoms with Gasteiger partial charge in [0.05, 0.1) is 0 Å². The highest BCUT2D eigenvalue weighted by Crippen LogP contribution is 2.38. The highest BCUT2D eigenvalue weighted by molar-refractivity contribution is 5.95. The Hall–Kier alpha value is -3.28. The third-order valence-corrected chi connectivity index (χ3v) is 5.04.